The summed E-state index contributed by atoms with van der Waals surface area (Å²) in [6, 6.07) is 0. The van der Waals surface area contributed by atoms with Gasteiger partial charge in [0.25, 0.3) is 0 Å². The summed E-state index contributed by atoms with van der Waals surface area (Å²) in [4.78, 5) is 0. The van der Waals surface area contributed by atoms with Gasteiger partial charge in [-0.3, -0.25) is 0 Å². The summed E-state index contributed by atoms with van der Waals surface area (Å²) in [6.45, 7) is 4.77. The lowest BCUT2D eigenvalue weighted by molar-refractivity contribution is 0.379. The quantitative estimate of drug-likeness (QED) is 0.599. The third-order valence-corrected chi connectivity index (χ3v) is 5.27. The summed E-state index contributed by atoms with van der Waals surface area (Å²) in [6.07, 6.45) is 7.67. The second-order valence-electron chi connectivity index (χ2n) is 5.37. The Morgan fingerprint density at radius 3 is 2.67 bits per heavy atom. The molecule has 0 aromatic carbocycles. The molecule has 4 aliphatic carbocycles. The predicted octanol–water partition coefficient (Wildman–Crippen LogP) is 3.47. The van der Waals surface area contributed by atoms with Crippen LogP contribution in [0.5, 0.6) is 0 Å². The fraction of sp³-hybridized carbons (Fsp3) is 1.00. The Balaban J connectivity index is 1.81. The minimum atomic E-state index is 0.907. The Morgan fingerprint density at radius 1 is 1.33 bits per heavy atom. The van der Waals surface area contributed by atoms with Crippen LogP contribution in [0.1, 0.15) is 46.0 Å². The maximum Gasteiger partial charge on any atom is -0.0232 e. The van der Waals surface area contributed by atoms with Crippen molar-refractivity contribution in [1.82, 2.24) is 0 Å². The molecule has 5 unspecified atom stereocenters. The molecule has 0 N–H and O–H groups in total. The molecule has 0 spiro atoms. The SMILES string of the molecule is CCCC1C2CC3C1C3(CC)C2. The van der Waals surface area contributed by atoms with Gasteiger partial charge in [-0.05, 0) is 48.3 Å². The van der Waals surface area contributed by atoms with E-state index >= 15 is 0 Å². The van der Waals surface area contributed by atoms with Crippen LogP contribution >= 0.6 is 0 Å². The van der Waals surface area contributed by atoms with Crippen molar-refractivity contribution >= 4 is 0 Å². The predicted molar refractivity (Wildman–Crippen MR) is 50.8 cm³/mol. The third kappa shape index (κ3) is 0.592. The topological polar surface area (TPSA) is 0 Å². The number of rotatable bonds is 3. The highest BCUT2D eigenvalue weighted by Gasteiger charge is 2.76. The van der Waals surface area contributed by atoms with Crippen molar-refractivity contribution in [2.75, 3.05) is 0 Å². The molecule has 4 fully saturated rings. The molecular formula is C12H20. The van der Waals surface area contributed by atoms with Crippen LogP contribution in [-0.2, 0) is 0 Å². The summed E-state index contributed by atoms with van der Waals surface area (Å²) in [5, 5.41) is 0. The van der Waals surface area contributed by atoms with E-state index in [9.17, 15) is 0 Å². The van der Waals surface area contributed by atoms with Crippen molar-refractivity contribution in [3.8, 4) is 0 Å². The van der Waals surface area contributed by atoms with Crippen molar-refractivity contribution in [2.45, 2.75) is 46.0 Å². The first kappa shape index (κ1) is 7.41. The lowest BCUT2D eigenvalue weighted by atomic mass is 9.93. The Kier molecular flexibility index (Phi) is 1.28. The van der Waals surface area contributed by atoms with Crippen LogP contribution in [0.3, 0.4) is 0 Å². The van der Waals surface area contributed by atoms with Crippen molar-refractivity contribution < 1.29 is 0 Å². The van der Waals surface area contributed by atoms with Gasteiger partial charge in [-0.15, -0.1) is 0 Å². The maximum atomic E-state index is 2.42. The highest BCUT2D eigenvalue weighted by Crippen LogP contribution is 2.83. The molecule has 4 bridgehead atoms. The molecule has 4 saturated carbocycles. The van der Waals surface area contributed by atoms with Gasteiger partial charge in [-0.1, -0.05) is 26.7 Å². The first-order chi connectivity index (χ1) is 5.83. The van der Waals surface area contributed by atoms with E-state index in [4.69, 9.17) is 0 Å². The first-order valence-corrected chi connectivity index (χ1v) is 5.83. The zero-order valence-corrected chi connectivity index (χ0v) is 8.34. The molecule has 0 heteroatoms. The molecule has 0 heterocycles. The second-order valence-corrected chi connectivity index (χ2v) is 5.37. The summed E-state index contributed by atoms with van der Waals surface area (Å²) >= 11 is 0. The summed E-state index contributed by atoms with van der Waals surface area (Å²) in [5.41, 5.74) is 0.907. The van der Waals surface area contributed by atoms with Crippen LogP contribution in [0.25, 0.3) is 0 Å². The monoisotopic (exact) mass is 164 g/mol. The van der Waals surface area contributed by atoms with Gasteiger partial charge in [0.2, 0.25) is 0 Å². The molecule has 0 aliphatic heterocycles. The molecule has 12 heavy (non-hydrogen) atoms. The molecule has 68 valence electrons. The van der Waals surface area contributed by atoms with Crippen LogP contribution < -0.4 is 0 Å². The molecule has 0 amide bonds. The maximum absolute atomic E-state index is 2.42. The second kappa shape index (κ2) is 2.08. The van der Waals surface area contributed by atoms with Crippen LogP contribution in [0.2, 0.25) is 0 Å². The third-order valence-electron chi connectivity index (χ3n) is 5.27. The average Bonchev–Trinajstić information content (AvgIpc) is 2.49. The standard InChI is InChI=1S/C12H20/c1-3-5-9-8-6-10-11(9)12(10,4-2)7-8/h8-11H,3-7H2,1-2H3. The van der Waals surface area contributed by atoms with E-state index in [-0.39, 0.29) is 0 Å². The van der Waals surface area contributed by atoms with Crippen LogP contribution in [-0.4, -0.2) is 0 Å². The van der Waals surface area contributed by atoms with E-state index in [1.54, 1.807) is 12.8 Å². The van der Waals surface area contributed by atoms with E-state index in [0.717, 1.165) is 5.41 Å². The molecule has 0 saturated heterocycles. The van der Waals surface area contributed by atoms with Crippen molar-refractivity contribution in [3.63, 3.8) is 0 Å². The van der Waals surface area contributed by atoms with Crippen molar-refractivity contribution in [2.24, 2.45) is 29.1 Å². The minimum absolute atomic E-state index is 0.907. The van der Waals surface area contributed by atoms with Gasteiger partial charge in [0.15, 0.2) is 0 Å². The molecule has 4 rings (SSSR count). The smallest absolute Gasteiger partial charge is 0.0232 e. The molecule has 0 aromatic heterocycles. The normalized spacial score (nSPS) is 59.5. The van der Waals surface area contributed by atoms with Gasteiger partial charge in [-0.25, -0.2) is 0 Å². The van der Waals surface area contributed by atoms with E-state index in [2.05, 4.69) is 13.8 Å². The molecule has 0 nitrogen and oxygen atoms in total. The fourth-order valence-electron chi connectivity index (χ4n) is 4.91. The highest BCUT2D eigenvalue weighted by molar-refractivity contribution is 5.24. The average molecular weight is 164 g/mol. The summed E-state index contributed by atoms with van der Waals surface area (Å²) < 4.78 is 0. The molecule has 5 atom stereocenters. The van der Waals surface area contributed by atoms with Gasteiger partial charge in [-0.2, -0.15) is 0 Å². The molecule has 0 aromatic rings. The minimum Gasteiger partial charge on any atom is -0.0654 e. The van der Waals surface area contributed by atoms with Crippen molar-refractivity contribution in [1.29, 1.82) is 0 Å². The zero-order chi connectivity index (χ0) is 8.34. The Hall–Kier alpha value is 0. The first-order valence-electron chi connectivity index (χ1n) is 5.83. The van der Waals surface area contributed by atoms with Crippen LogP contribution in [0.15, 0.2) is 0 Å². The van der Waals surface area contributed by atoms with E-state index in [0.29, 0.717) is 0 Å². The number of hydrogen-bond donors (Lipinski definition) is 0. The van der Waals surface area contributed by atoms with Gasteiger partial charge < -0.3 is 0 Å². The molecular weight excluding hydrogens is 144 g/mol. The Morgan fingerprint density at radius 2 is 2.17 bits per heavy atom. The lowest BCUT2D eigenvalue weighted by Crippen LogP contribution is -2.03. The largest absolute Gasteiger partial charge is 0.0654 e. The van der Waals surface area contributed by atoms with E-state index in [1.165, 1.54) is 42.9 Å². The Labute approximate surface area is 75.7 Å². The van der Waals surface area contributed by atoms with Crippen LogP contribution in [0, 0.1) is 29.1 Å². The molecule has 0 radical (unpaired) electrons. The van der Waals surface area contributed by atoms with E-state index in [1.807, 2.05) is 0 Å². The molecule has 4 aliphatic rings. The highest BCUT2D eigenvalue weighted by atomic mass is 14.8. The van der Waals surface area contributed by atoms with Gasteiger partial charge in [0.05, 0.1) is 0 Å². The fourth-order valence-corrected chi connectivity index (χ4v) is 4.91. The Bertz CT molecular complexity index is 208. The van der Waals surface area contributed by atoms with Gasteiger partial charge in [0, 0.05) is 0 Å². The van der Waals surface area contributed by atoms with Crippen LogP contribution in [0.4, 0.5) is 0 Å². The van der Waals surface area contributed by atoms with E-state index < -0.39 is 0 Å². The summed E-state index contributed by atoms with van der Waals surface area (Å²) in [5.74, 6) is 4.73. The summed E-state index contributed by atoms with van der Waals surface area (Å²) in [7, 11) is 0. The van der Waals surface area contributed by atoms with Gasteiger partial charge >= 0.3 is 0 Å². The van der Waals surface area contributed by atoms with Crippen molar-refractivity contribution in [3.05, 3.63) is 0 Å². The van der Waals surface area contributed by atoms with Gasteiger partial charge in [0.1, 0.15) is 0 Å². The number of hydrogen-bond acceptors (Lipinski definition) is 0. The lowest BCUT2D eigenvalue weighted by Gasteiger charge is -2.12. The zero-order valence-electron chi connectivity index (χ0n) is 8.34.